The number of Topliss-reactive ketones (excluding diaryl/α,β-unsaturated/α-hetero) is 4. The molecule has 0 atom stereocenters. The minimum Gasteiger partial charge on any atom is -0.504 e. The van der Waals surface area contributed by atoms with E-state index >= 15 is 0 Å². The Bertz CT molecular complexity index is 1200. The van der Waals surface area contributed by atoms with Gasteiger partial charge in [0.05, 0.1) is 25.3 Å². The molecule has 0 amide bonds. The van der Waals surface area contributed by atoms with Crippen LogP contribution in [0, 0.1) is 0 Å². The van der Waals surface area contributed by atoms with Crippen LogP contribution in [0.2, 0.25) is 0 Å². The minimum absolute atomic E-state index is 0.0772. The summed E-state index contributed by atoms with van der Waals surface area (Å²) >= 11 is 0. The molecule has 9 nitrogen and oxygen atoms in total. The van der Waals surface area contributed by atoms with Crippen LogP contribution < -0.4 is 9.47 Å². The number of hydrogen-bond acceptors (Lipinski definition) is 9. The number of phenolic OH excluding ortho intramolecular Hbond substituents is 3. The number of carbonyl (C=O) groups is 4. The van der Waals surface area contributed by atoms with Crippen LogP contribution in [0.4, 0.5) is 0 Å². The molecule has 3 aromatic rings. The van der Waals surface area contributed by atoms with Crippen molar-refractivity contribution in [1.82, 2.24) is 0 Å². The Labute approximate surface area is 187 Å². The highest BCUT2D eigenvalue weighted by atomic mass is 16.5. The van der Waals surface area contributed by atoms with Gasteiger partial charge in [0, 0.05) is 11.1 Å². The van der Waals surface area contributed by atoms with Crippen LogP contribution in [-0.4, -0.2) is 52.7 Å². The fraction of sp³-hybridized carbons (Fsp3) is 0.0833. The van der Waals surface area contributed by atoms with Gasteiger partial charge in [-0.25, -0.2) is 0 Å². The summed E-state index contributed by atoms with van der Waals surface area (Å²) in [6.07, 6.45) is 0. The topological polar surface area (TPSA) is 147 Å². The van der Waals surface area contributed by atoms with Crippen LogP contribution in [0.5, 0.6) is 28.7 Å². The Hall–Kier alpha value is -4.66. The highest BCUT2D eigenvalue weighted by molar-refractivity contribution is 6.52. The Morgan fingerprint density at radius 1 is 0.576 bits per heavy atom. The van der Waals surface area contributed by atoms with E-state index in [-0.39, 0.29) is 11.1 Å². The second-order valence-electron chi connectivity index (χ2n) is 6.80. The first-order valence-corrected chi connectivity index (χ1v) is 9.43. The molecule has 0 radical (unpaired) electrons. The van der Waals surface area contributed by atoms with Crippen molar-refractivity contribution in [3.8, 4) is 28.7 Å². The Balaban J connectivity index is 2.04. The predicted octanol–water partition coefficient (Wildman–Crippen LogP) is 2.95. The van der Waals surface area contributed by atoms with Crippen LogP contribution >= 0.6 is 0 Å². The van der Waals surface area contributed by atoms with E-state index in [4.69, 9.17) is 9.47 Å². The van der Waals surface area contributed by atoms with E-state index in [9.17, 15) is 34.5 Å². The van der Waals surface area contributed by atoms with Gasteiger partial charge in [0.1, 0.15) is 11.5 Å². The molecule has 0 heterocycles. The molecule has 0 spiro atoms. The molecule has 3 rings (SSSR count). The molecule has 168 valence electrons. The molecular formula is C24H18O9. The third kappa shape index (κ3) is 4.38. The Morgan fingerprint density at radius 3 is 1.33 bits per heavy atom. The normalized spacial score (nSPS) is 10.4. The van der Waals surface area contributed by atoms with Crippen molar-refractivity contribution < 1.29 is 44.0 Å². The molecule has 0 aliphatic carbocycles. The maximum Gasteiger partial charge on any atom is 0.237 e. The molecule has 0 aliphatic rings. The second-order valence-corrected chi connectivity index (χ2v) is 6.80. The molecule has 0 saturated carbocycles. The summed E-state index contributed by atoms with van der Waals surface area (Å²) in [5.74, 6) is -7.56. The monoisotopic (exact) mass is 450 g/mol. The zero-order valence-corrected chi connectivity index (χ0v) is 17.5. The van der Waals surface area contributed by atoms with Crippen LogP contribution in [0.25, 0.3) is 0 Å². The minimum atomic E-state index is -1.28. The van der Waals surface area contributed by atoms with Crippen molar-refractivity contribution in [2.45, 2.75) is 0 Å². The lowest BCUT2D eigenvalue weighted by atomic mass is 9.94. The largest absolute Gasteiger partial charge is 0.504 e. The van der Waals surface area contributed by atoms with Crippen molar-refractivity contribution in [3.63, 3.8) is 0 Å². The first kappa shape index (κ1) is 23.0. The number of ether oxygens (including phenoxy) is 2. The maximum absolute atomic E-state index is 12.8. The number of methoxy groups -OCH3 is 2. The van der Waals surface area contributed by atoms with Crippen molar-refractivity contribution in [2.75, 3.05) is 14.2 Å². The molecule has 0 unspecified atom stereocenters. The number of ketones is 4. The zero-order chi connectivity index (χ0) is 24.3. The van der Waals surface area contributed by atoms with Crippen LogP contribution in [0.15, 0.2) is 54.6 Å². The number of phenols is 3. The lowest BCUT2D eigenvalue weighted by Gasteiger charge is -2.11. The molecule has 3 aromatic carbocycles. The molecule has 0 aliphatic heterocycles. The summed E-state index contributed by atoms with van der Waals surface area (Å²) in [6, 6.07) is 12.0. The average molecular weight is 450 g/mol. The van der Waals surface area contributed by atoms with Gasteiger partial charge >= 0.3 is 0 Å². The number of rotatable bonds is 8. The maximum atomic E-state index is 12.8. The SMILES string of the molecule is COc1cccc(C(=O)C(=O)c2cc(C(=O)C(=O)c3cccc(OC)c3)c(O)c(O)c2O)c1. The molecule has 3 N–H and O–H groups in total. The lowest BCUT2D eigenvalue weighted by molar-refractivity contribution is 0.0809. The van der Waals surface area contributed by atoms with Crippen LogP contribution in [0.3, 0.4) is 0 Å². The highest BCUT2D eigenvalue weighted by Crippen LogP contribution is 2.41. The molecular weight excluding hydrogens is 432 g/mol. The summed E-state index contributed by atoms with van der Waals surface area (Å²) in [4.78, 5) is 50.8. The number of aromatic hydroxyl groups is 3. The van der Waals surface area contributed by atoms with E-state index in [1.165, 1.54) is 50.6 Å². The fourth-order valence-corrected chi connectivity index (χ4v) is 3.03. The highest BCUT2D eigenvalue weighted by Gasteiger charge is 2.31. The molecule has 0 fully saturated rings. The van der Waals surface area contributed by atoms with Crippen molar-refractivity contribution in [3.05, 3.63) is 76.9 Å². The third-order valence-electron chi connectivity index (χ3n) is 4.81. The van der Waals surface area contributed by atoms with Gasteiger partial charge in [0.25, 0.3) is 0 Å². The van der Waals surface area contributed by atoms with E-state index in [0.29, 0.717) is 17.6 Å². The number of carbonyl (C=O) groups excluding carboxylic acids is 4. The average Bonchev–Trinajstić information content (AvgIpc) is 2.85. The van der Waals surface area contributed by atoms with Crippen molar-refractivity contribution in [1.29, 1.82) is 0 Å². The smallest absolute Gasteiger partial charge is 0.237 e. The summed E-state index contributed by atoms with van der Waals surface area (Å²) < 4.78 is 10.0. The first-order valence-electron chi connectivity index (χ1n) is 9.43. The quantitative estimate of drug-likeness (QED) is 0.268. The molecule has 0 aromatic heterocycles. The van der Waals surface area contributed by atoms with E-state index in [1.54, 1.807) is 12.1 Å². The van der Waals surface area contributed by atoms with Gasteiger partial charge < -0.3 is 24.8 Å². The van der Waals surface area contributed by atoms with Gasteiger partial charge in [-0.2, -0.15) is 0 Å². The van der Waals surface area contributed by atoms with E-state index in [0.717, 1.165) is 0 Å². The van der Waals surface area contributed by atoms with Crippen LogP contribution in [0.1, 0.15) is 41.4 Å². The van der Waals surface area contributed by atoms with Crippen molar-refractivity contribution >= 4 is 23.1 Å². The summed E-state index contributed by atoms with van der Waals surface area (Å²) in [5, 5.41) is 30.4. The molecule has 0 bridgehead atoms. The molecule has 0 saturated heterocycles. The summed E-state index contributed by atoms with van der Waals surface area (Å²) in [5.41, 5.74) is -1.68. The van der Waals surface area contributed by atoms with Gasteiger partial charge in [-0.15, -0.1) is 0 Å². The predicted molar refractivity (Wildman–Crippen MR) is 115 cm³/mol. The molecule has 33 heavy (non-hydrogen) atoms. The Kier molecular flexibility index (Phi) is 6.43. The second kappa shape index (κ2) is 9.23. The van der Waals surface area contributed by atoms with Crippen molar-refractivity contribution in [2.24, 2.45) is 0 Å². The Morgan fingerprint density at radius 2 is 0.970 bits per heavy atom. The van der Waals surface area contributed by atoms with E-state index in [1.807, 2.05) is 0 Å². The summed E-state index contributed by atoms with van der Waals surface area (Å²) in [6.45, 7) is 0. The zero-order valence-electron chi connectivity index (χ0n) is 17.5. The first-order chi connectivity index (χ1) is 15.7. The van der Waals surface area contributed by atoms with Gasteiger partial charge in [0.2, 0.25) is 28.9 Å². The number of benzene rings is 3. The fourth-order valence-electron chi connectivity index (χ4n) is 3.03. The van der Waals surface area contributed by atoms with E-state index < -0.39 is 51.5 Å². The van der Waals surface area contributed by atoms with Gasteiger partial charge in [-0.3, -0.25) is 19.2 Å². The third-order valence-corrected chi connectivity index (χ3v) is 4.81. The standard InChI is InChI=1S/C24H18O9/c1-32-14-7-3-5-12(9-14)18(25)20(27)16-11-17(23(30)24(31)22(16)29)21(28)19(26)13-6-4-8-15(10-13)33-2/h3-11,29-31H,1-2H3. The number of hydrogen-bond donors (Lipinski definition) is 3. The van der Waals surface area contributed by atoms with Gasteiger partial charge in [-0.1, -0.05) is 24.3 Å². The molecule has 9 heteroatoms. The van der Waals surface area contributed by atoms with Gasteiger partial charge in [0.15, 0.2) is 11.5 Å². The van der Waals surface area contributed by atoms with Gasteiger partial charge in [-0.05, 0) is 30.3 Å². The lowest BCUT2D eigenvalue weighted by Crippen LogP contribution is -2.18. The van der Waals surface area contributed by atoms with Crippen LogP contribution in [-0.2, 0) is 0 Å². The summed E-state index contributed by atoms with van der Waals surface area (Å²) in [7, 11) is 2.74. The van der Waals surface area contributed by atoms with E-state index in [2.05, 4.69) is 0 Å².